The Labute approximate surface area is 120 Å². The Morgan fingerprint density at radius 2 is 1.52 bits per heavy atom. The van der Waals surface area contributed by atoms with Crippen LogP contribution in [0.4, 0.5) is 0 Å². The fourth-order valence-electron chi connectivity index (χ4n) is 3.28. The van der Waals surface area contributed by atoms with Crippen molar-refractivity contribution in [1.29, 1.82) is 0 Å². The number of hydrogen-bond donors (Lipinski definition) is 6. The lowest BCUT2D eigenvalue weighted by Crippen LogP contribution is -2.65. The first-order valence-electron chi connectivity index (χ1n) is 6.89. The summed E-state index contributed by atoms with van der Waals surface area (Å²) >= 11 is 0. The first-order valence-corrected chi connectivity index (χ1v) is 6.89. The molecule has 0 aliphatic carbocycles. The lowest BCUT2D eigenvalue weighted by molar-refractivity contribution is -0.282. The fourth-order valence-corrected chi connectivity index (χ4v) is 3.28. The summed E-state index contributed by atoms with van der Waals surface area (Å²) in [5.74, 6) is -0.857. The van der Waals surface area contributed by atoms with E-state index in [9.17, 15) is 30.6 Å². The van der Waals surface area contributed by atoms with Gasteiger partial charge in [0.05, 0.1) is 31.5 Å². The van der Waals surface area contributed by atoms with Crippen LogP contribution in [0.1, 0.15) is 0 Å². The van der Waals surface area contributed by atoms with Gasteiger partial charge in [0.25, 0.3) is 0 Å². The number of fused-ring (bicyclic) bond motifs is 2. The van der Waals surface area contributed by atoms with Crippen molar-refractivity contribution >= 4 is 0 Å². The molecule has 3 aliphatic rings. The smallest absolute Gasteiger partial charge is 0.186 e. The topological polar surface area (TPSA) is 149 Å². The maximum absolute atomic E-state index is 10.2. The first-order chi connectivity index (χ1) is 9.95. The highest BCUT2D eigenvalue weighted by atomic mass is 16.7. The van der Waals surface area contributed by atoms with Gasteiger partial charge in [-0.1, -0.05) is 0 Å². The van der Waals surface area contributed by atoms with Crippen molar-refractivity contribution in [2.45, 2.75) is 55.1 Å². The van der Waals surface area contributed by atoms with Gasteiger partial charge in [-0.3, -0.25) is 0 Å². The second-order valence-electron chi connectivity index (χ2n) is 5.73. The molecule has 0 saturated carbocycles. The number of hydrogen-bond acceptors (Lipinski definition) is 9. The minimum absolute atomic E-state index is 0.110. The van der Waals surface area contributed by atoms with Crippen molar-refractivity contribution in [2.75, 3.05) is 13.2 Å². The zero-order valence-electron chi connectivity index (χ0n) is 11.1. The summed E-state index contributed by atoms with van der Waals surface area (Å²) in [4.78, 5) is 0. The van der Waals surface area contributed by atoms with Gasteiger partial charge < -0.3 is 44.8 Å². The van der Waals surface area contributed by atoms with Gasteiger partial charge in [0.2, 0.25) is 0 Å². The van der Waals surface area contributed by atoms with Crippen LogP contribution in [-0.4, -0.2) is 99.0 Å². The molecule has 10 atom stereocenters. The van der Waals surface area contributed by atoms with E-state index in [0.717, 1.165) is 0 Å². The van der Waals surface area contributed by atoms with Crippen LogP contribution in [0.2, 0.25) is 0 Å². The molecule has 3 rings (SSSR count). The van der Waals surface area contributed by atoms with Crippen molar-refractivity contribution in [1.82, 2.24) is 0 Å². The second-order valence-corrected chi connectivity index (χ2v) is 5.73. The summed E-state index contributed by atoms with van der Waals surface area (Å²) in [6.45, 7) is -0.448. The van der Waals surface area contributed by atoms with E-state index < -0.39 is 67.6 Å². The van der Waals surface area contributed by atoms with E-state index in [2.05, 4.69) is 0 Å². The minimum Gasteiger partial charge on any atom is -0.394 e. The molecule has 0 radical (unpaired) electrons. The zero-order valence-corrected chi connectivity index (χ0v) is 11.1. The molecule has 3 heterocycles. The molecular weight excluding hydrogens is 288 g/mol. The Hall–Kier alpha value is -0.360. The molecule has 21 heavy (non-hydrogen) atoms. The van der Waals surface area contributed by atoms with Crippen LogP contribution in [0.25, 0.3) is 0 Å². The van der Waals surface area contributed by atoms with E-state index in [-0.39, 0.29) is 6.61 Å². The van der Waals surface area contributed by atoms with Crippen LogP contribution in [0.15, 0.2) is 0 Å². The molecule has 9 heteroatoms. The van der Waals surface area contributed by atoms with Crippen molar-refractivity contribution in [3.8, 4) is 0 Å². The normalized spacial score (nSPS) is 57.4. The van der Waals surface area contributed by atoms with E-state index in [4.69, 9.17) is 14.2 Å². The predicted molar refractivity (Wildman–Crippen MR) is 63.9 cm³/mol. The number of rotatable bonds is 2. The molecule has 0 unspecified atom stereocenters. The molecular formula is C12H20O9. The molecule has 0 amide bonds. The Kier molecular flexibility index (Phi) is 4.21. The third-order valence-corrected chi connectivity index (χ3v) is 4.49. The lowest BCUT2D eigenvalue weighted by atomic mass is 9.79. The Balaban J connectivity index is 1.84. The average Bonchev–Trinajstić information content (AvgIpc) is 2.91. The highest BCUT2D eigenvalue weighted by Gasteiger charge is 2.57. The maximum atomic E-state index is 10.2. The highest BCUT2D eigenvalue weighted by Crippen LogP contribution is 2.38. The summed E-state index contributed by atoms with van der Waals surface area (Å²) in [6.07, 6.45) is -10.8. The minimum atomic E-state index is -1.54. The van der Waals surface area contributed by atoms with Crippen LogP contribution in [0.3, 0.4) is 0 Å². The standard InChI is InChI=1S/C12H20O9/c13-1-3-6(14)8(16)9(17)11(20-3)5-4-2-19-12(21-4)10(18)7(5)15/h3-18H,1-2H2/t3-,4-,5-,6-,7+,8+,9-,10-,11+,12-/m1/s1. The van der Waals surface area contributed by atoms with Crippen LogP contribution < -0.4 is 0 Å². The third-order valence-electron chi connectivity index (χ3n) is 4.49. The Bertz CT molecular complexity index is 378. The Morgan fingerprint density at radius 3 is 2.19 bits per heavy atom. The maximum Gasteiger partial charge on any atom is 0.186 e. The predicted octanol–water partition coefficient (Wildman–Crippen LogP) is -4.08. The van der Waals surface area contributed by atoms with Gasteiger partial charge in [-0.2, -0.15) is 0 Å². The highest BCUT2D eigenvalue weighted by molar-refractivity contribution is 5.03. The Morgan fingerprint density at radius 1 is 0.810 bits per heavy atom. The van der Waals surface area contributed by atoms with Crippen LogP contribution in [0, 0.1) is 5.92 Å². The molecule has 0 spiro atoms. The fraction of sp³-hybridized carbons (Fsp3) is 1.00. The van der Waals surface area contributed by atoms with E-state index in [1.54, 1.807) is 0 Å². The van der Waals surface area contributed by atoms with Gasteiger partial charge in [0.15, 0.2) is 6.29 Å². The second kappa shape index (κ2) is 5.69. The van der Waals surface area contributed by atoms with Crippen molar-refractivity contribution in [3.05, 3.63) is 0 Å². The molecule has 2 bridgehead atoms. The molecule has 0 aromatic rings. The van der Waals surface area contributed by atoms with Crippen LogP contribution >= 0.6 is 0 Å². The van der Waals surface area contributed by atoms with E-state index in [1.165, 1.54) is 0 Å². The summed E-state index contributed by atoms with van der Waals surface area (Å²) in [5.41, 5.74) is 0. The zero-order chi connectivity index (χ0) is 15.3. The van der Waals surface area contributed by atoms with Gasteiger partial charge in [0.1, 0.15) is 30.5 Å². The summed E-state index contributed by atoms with van der Waals surface area (Å²) < 4.78 is 16.0. The number of aliphatic hydroxyl groups excluding tert-OH is 6. The molecule has 9 nitrogen and oxygen atoms in total. The van der Waals surface area contributed by atoms with E-state index >= 15 is 0 Å². The van der Waals surface area contributed by atoms with Crippen LogP contribution in [0.5, 0.6) is 0 Å². The molecule has 0 aromatic carbocycles. The molecule has 3 saturated heterocycles. The van der Waals surface area contributed by atoms with Gasteiger partial charge in [0, 0.05) is 5.92 Å². The monoisotopic (exact) mass is 308 g/mol. The van der Waals surface area contributed by atoms with Gasteiger partial charge in [-0.25, -0.2) is 0 Å². The van der Waals surface area contributed by atoms with Crippen LogP contribution in [-0.2, 0) is 14.2 Å². The average molecular weight is 308 g/mol. The lowest BCUT2D eigenvalue weighted by Gasteiger charge is -2.47. The number of ether oxygens (including phenoxy) is 3. The first kappa shape index (κ1) is 15.5. The van der Waals surface area contributed by atoms with E-state index in [1.807, 2.05) is 0 Å². The van der Waals surface area contributed by atoms with E-state index in [0.29, 0.717) is 0 Å². The van der Waals surface area contributed by atoms with Gasteiger partial charge in [-0.15, -0.1) is 0 Å². The molecule has 0 aromatic heterocycles. The van der Waals surface area contributed by atoms with Gasteiger partial charge in [-0.05, 0) is 0 Å². The summed E-state index contributed by atoms with van der Waals surface area (Å²) in [6, 6.07) is 0. The largest absolute Gasteiger partial charge is 0.394 e. The van der Waals surface area contributed by atoms with Crippen molar-refractivity contribution in [3.63, 3.8) is 0 Å². The SMILES string of the molecule is OC[C@H]1O[C@@H]([C@H]2[C@H](O)[C@@H](O)[C@@H]3OC[C@H]2O3)[C@H](O)[C@@H](O)[C@@H]1O. The quantitative estimate of drug-likeness (QED) is 0.299. The molecule has 6 N–H and O–H groups in total. The van der Waals surface area contributed by atoms with Gasteiger partial charge >= 0.3 is 0 Å². The molecule has 3 fully saturated rings. The molecule has 122 valence electrons. The summed E-state index contributed by atoms with van der Waals surface area (Å²) in [5, 5.41) is 58.9. The van der Waals surface area contributed by atoms with Crippen molar-refractivity contribution in [2.24, 2.45) is 5.92 Å². The number of aliphatic hydroxyl groups is 6. The van der Waals surface area contributed by atoms with Crippen molar-refractivity contribution < 1.29 is 44.8 Å². The molecule has 3 aliphatic heterocycles. The summed E-state index contributed by atoms with van der Waals surface area (Å²) in [7, 11) is 0. The third kappa shape index (κ3) is 2.38.